The smallest absolute Gasteiger partial charge is 0.352 e. The Morgan fingerprint density at radius 3 is 2.72 bits per heavy atom. The summed E-state index contributed by atoms with van der Waals surface area (Å²) in [6.45, 7) is 3.48. The Morgan fingerprint density at radius 1 is 1.44 bits per heavy atom. The number of aliphatic carboxylic acids is 1. The molecule has 0 aromatic heterocycles. The predicted molar refractivity (Wildman–Crippen MR) is 66.7 cm³/mol. The molecule has 0 aromatic rings. The van der Waals surface area contributed by atoms with E-state index in [0.717, 1.165) is 18.7 Å². The number of carbonyl (C=O) groups is 2. The number of β-lactam (4-membered cyclic amide) rings is 1. The zero-order valence-corrected chi connectivity index (χ0v) is 10.8. The van der Waals surface area contributed by atoms with Crippen LogP contribution < -0.4 is 10.6 Å². The summed E-state index contributed by atoms with van der Waals surface area (Å²) in [5.74, 6) is -0.563. The number of carbonyl (C=O) groups excluding carboxylic acids is 1. The van der Waals surface area contributed by atoms with Crippen LogP contribution in [0.25, 0.3) is 0 Å². The lowest BCUT2D eigenvalue weighted by atomic mass is 9.92. The Kier molecular flexibility index (Phi) is 2.84. The highest BCUT2D eigenvalue weighted by Crippen LogP contribution is 2.44. The van der Waals surface area contributed by atoms with Crippen molar-refractivity contribution in [2.75, 3.05) is 18.8 Å². The third kappa shape index (κ3) is 1.58. The van der Waals surface area contributed by atoms with Crippen molar-refractivity contribution in [1.82, 2.24) is 15.5 Å². The fourth-order valence-electron chi connectivity index (χ4n) is 2.76. The molecule has 6 nitrogen and oxygen atoms in total. The van der Waals surface area contributed by atoms with Gasteiger partial charge in [-0.2, -0.15) is 0 Å². The van der Waals surface area contributed by atoms with Gasteiger partial charge in [0.25, 0.3) is 0 Å². The van der Waals surface area contributed by atoms with Crippen LogP contribution in [0.2, 0.25) is 0 Å². The highest BCUT2D eigenvalue weighted by atomic mass is 32.2. The Morgan fingerprint density at radius 2 is 2.11 bits per heavy atom. The van der Waals surface area contributed by atoms with Crippen molar-refractivity contribution in [3.8, 4) is 0 Å². The van der Waals surface area contributed by atoms with E-state index in [1.807, 2.05) is 0 Å². The van der Waals surface area contributed by atoms with Crippen molar-refractivity contribution in [2.24, 2.45) is 5.92 Å². The van der Waals surface area contributed by atoms with Gasteiger partial charge in [-0.25, -0.2) is 4.79 Å². The quantitative estimate of drug-likeness (QED) is 0.581. The van der Waals surface area contributed by atoms with Gasteiger partial charge in [0.05, 0.1) is 17.5 Å². The van der Waals surface area contributed by atoms with Gasteiger partial charge in [-0.3, -0.25) is 20.3 Å². The van der Waals surface area contributed by atoms with E-state index in [2.05, 4.69) is 10.6 Å². The van der Waals surface area contributed by atoms with E-state index in [9.17, 15) is 14.7 Å². The highest BCUT2D eigenvalue weighted by molar-refractivity contribution is 8.00. The van der Waals surface area contributed by atoms with Gasteiger partial charge in [-0.05, 0) is 12.5 Å². The van der Waals surface area contributed by atoms with Gasteiger partial charge in [0.15, 0.2) is 0 Å². The number of fused-ring (bicyclic) bond motifs is 1. The number of nitrogens with zero attached hydrogens (tertiary/aromatic N) is 1. The van der Waals surface area contributed by atoms with E-state index in [-0.39, 0.29) is 29.1 Å². The second-order valence-corrected chi connectivity index (χ2v) is 5.86. The molecule has 98 valence electrons. The van der Waals surface area contributed by atoms with Crippen LogP contribution in [0, 0.1) is 5.92 Å². The molecule has 1 amide bonds. The zero-order valence-electron chi connectivity index (χ0n) is 9.97. The molecule has 7 heteroatoms. The Balaban J connectivity index is 1.85. The second-order valence-electron chi connectivity index (χ2n) is 4.76. The maximum Gasteiger partial charge on any atom is 0.352 e. The van der Waals surface area contributed by atoms with Crippen LogP contribution in [-0.4, -0.2) is 52.3 Å². The minimum absolute atomic E-state index is 0.0142. The summed E-state index contributed by atoms with van der Waals surface area (Å²) in [4.78, 5) is 24.9. The van der Waals surface area contributed by atoms with Gasteiger partial charge in [0.1, 0.15) is 5.70 Å². The molecule has 2 fully saturated rings. The summed E-state index contributed by atoms with van der Waals surface area (Å²) in [5.41, 5.74) is 0.945. The minimum Gasteiger partial charge on any atom is -0.477 e. The van der Waals surface area contributed by atoms with E-state index in [1.165, 1.54) is 4.90 Å². The first-order valence-corrected chi connectivity index (χ1v) is 7.00. The Labute approximate surface area is 109 Å². The molecule has 1 unspecified atom stereocenters. The van der Waals surface area contributed by atoms with E-state index in [4.69, 9.17) is 0 Å². The number of carboxylic acids is 1. The first-order chi connectivity index (χ1) is 8.61. The largest absolute Gasteiger partial charge is 0.477 e. The van der Waals surface area contributed by atoms with Gasteiger partial charge < -0.3 is 5.11 Å². The van der Waals surface area contributed by atoms with E-state index in [1.54, 1.807) is 18.7 Å². The number of nitrogens with one attached hydrogen (secondary N) is 2. The Bertz CT molecular complexity index is 445. The summed E-state index contributed by atoms with van der Waals surface area (Å²) in [5, 5.41) is 15.6. The number of rotatable bonds is 2. The molecule has 18 heavy (non-hydrogen) atoms. The number of hydrogen-bond donors (Lipinski definition) is 3. The lowest BCUT2D eigenvalue weighted by Gasteiger charge is -2.51. The zero-order chi connectivity index (χ0) is 12.9. The molecule has 0 spiro atoms. The topological polar surface area (TPSA) is 81.7 Å². The van der Waals surface area contributed by atoms with Crippen LogP contribution in [0.15, 0.2) is 11.3 Å². The average Bonchev–Trinajstić information content (AvgIpc) is 2.82. The molecule has 0 saturated carbocycles. The third-order valence-corrected chi connectivity index (χ3v) is 5.06. The van der Waals surface area contributed by atoms with Crippen LogP contribution >= 0.6 is 11.8 Å². The molecular weight excluding hydrogens is 254 g/mol. The van der Waals surface area contributed by atoms with Crippen molar-refractivity contribution in [2.45, 2.75) is 18.5 Å². The fraction of sp³-hybridized carbons (Fsp3) is 0.636. The molecule has 3 aliphatic heterocycles. The molecule has 3 rings (SSSR count). The number of carboxylic acid groups (broad SMARTS) is 1. The standard InChI is InChI=1S/C11H15N3O3S/c1-5-4-18-10-6(8-12-2-3-13-8)9(15)14(10)7(5)11(16)17/h6,8,10,12-13H,2-4H2,1H3,(H,16,17)/t6?,10-/m0/s1. The molecule has 3 heterocycles. The first-order valence-electron chi connectivity index (χ1n) is 5.95. The highest BCUT2D eigenvalue weighted by Gasteiger charge is 2.56. The molecular formula is C11H15N3O3S. The van der Waals surface area contributed by atoms with Crippen LogP contribution in [0.4, 0.5) is 0 Å². The molecule has 2 atom stereocenters. The van der Waals surface area contributed by atoms with Gasteiger partial charge in [-0.15, -0.1) is 11.8 Å². The van der Waals surface area contributed by atoms with E-state index < -0.39 is 5.97 Å². The lowest BCUT2D eigenvalue weighted by Crippen LogP contribution is -2.67. The third-order valence-electron chi connectivity index (χ3n) is 3.62. The number of thioether (sulfide) groups is 1. The summed E-state index contributed by atoms with van der Waals surface area (Å²) in [6, 6.07) is 0. The van der Waals surface area contributed by atoms with E-state index >= 15 is 0 Å². The summed E-state index contributed by atoms with van der Waals surface area (Å²) < 4.78 is 0. The fourth-order valence-corrected chi connectivity index (χ4v) is 4.16. The molecule has 0 aromatic carbocycles. The molecule has 3 aliphatic rings. The number of hydrogen-bond acceptors (Lipinski definition) is 5. The van der Waals surface area contributed by atoms with Crippen LogP contribution in [0.3, 0.4) is 0 Å². The lowest BCUT2D eigenvalue weighted by molar-refractivity contribution is -0.154. The maximum absolute atomic E-state index is 12.2. The summed E-state index contributed by atoms with van der Waals surface area (Å²) >= 11 is 1.64. The van der Waals surface area contributed by atoms with Crippen molar-refractivity contribution in [3.63, 3.8) is 0 Å². The monoisotopic (exact) mass is 269 g/mol. The van der Waals surface area contributed by atoms with Crippen LogP contribution in [0.1, 0.15) is 6.92 Å². The normalized spacial score (nSPS) is 32.5. The van der Waals surface area contributed by atoms with Crippen molar-refractivity contribution >= 4 is 23.6 Å². The maximum atomic E-state index is 12.2. The van der Waals surface area contributed by atoms with E-state index in [0.29, 0.717) is 5.75 Å². The van der Waals surface area contributed by atoms with Gasteiger partial charge in [0, 0.05) is 18.8 Å². The Hall–Kier alpha value is -1.05. The predicted octanol–water partition coefficient (Wildman–Crippen LogP) is -0.605. The first kappa shape index (κ1) is 12.0. The van der Waals surface area contributed by atoms with Crippen LogP contribution in [-0.2, 0) is 9.59 Å². The summed E-state index contributed by atoms with van der Waals surface area (Å²) in [7, 11) is 0. The molecule has 0 bridgehead atoms. The summed E-state index contributed by atoms with van der Waals surface area (Å²) in [6.07, 6.45) is -0.0142. The SMILES string of the molecule is CC1=C(C(=O)O)N2C(=O)C(C3NCCN3)[C@@H]2SC1. The second kappa shape index (κ2) is 4.25. The van der Waals surface area contributed by atoms with Crippen molar-refractivity contribution in [3.05, 3.63) is 11.3 Å². The van der Waals surface area contributed by atoms with Gasteiger partial charge in [0.2, 0.25) is 5.91 Å². The van der Waals surface area contributed by atoms with Crippen molar-refractivity contribution in [1.29, 1.82) is 0 Å². The molecule has 3 N–H and O–H groups in total. The molecule has 0 radical (unpaired) electrons. The van der Waals surface area contributed by atoms with Crippen molar-refractivity contribution < 1.29 is 14.7 Å². The molecule has 2 saturated heterocycles. The van der Waals surface area contributed by atoms with Crippen LogP contribution in [0.5, 0.6) is 0 Å². The number of amides is 1. The average molecular weight is 269 g/mol. The van der Waals surface area contributed by atoms with Gasteiger partial charge >= 0.3 is 5.97 Å². The molecule has 0 aliphatic carbocycles. The minimum atomic E-state index is -1.00. The van der Waals surface area contributed by atoms with Gasteiger partial charge in [-0.1, -0.05) is 0 Å².